The quantitative estimate of drug-likeness (QED) is 0.0378. The Morgan fingerprint density at radius 2 is 1.04 bits per heavy atom. The van der Waals surface area contributed by atoms with Gasteiger partial charge in [-0.2, -0.15) is 0 Å². The van der Waals surface area contributed by atoms with Crippen LogP contribution >= 0.6 is 136 Å². The first kappa shape index (κ1) is 51.5. The predicted molar refractivity (Wildman–Crippen MR) is 251 cm³/mol. The van der Waals surface area contributed by atoms with Gasteiger partial charge >= 0.3 is 0 Å². The van der Waals surface area contributed by atoms with Gasteiger partial charge in [0.15, 0.2) is 0 Å². The molecule has 19 nitrogen and oxygen atoms in total. The maximum atomic E-state index is 14.2. The van der Waals surface area contributed by atoms with E-state index in [2.05, 4.69) is 21.3 Å². The largest absolute Gasteiger partial charge is 0.396 e. The fourth-order valence-electron chi connectivity index (χ4n) is 4.65. The zero-order valence-electron chi connectivity index (χ0n) is 28.8. The number of halogens is 6. The van der Waals surface area contributed by atoms with Crippen molar-refractivity contribution in [2.75, 3.05) is 76.4 Å². The van der Waals surface area contributed by atoms with Gasteiger partial charge in [0.05, 0.1) is 73.8 Å². The molecule has 0 fully saturated rings. The molecule has 2 rings (SSSR count). The minimum absolute atomic E-state index is 0.00515. The molecular formula is C31H36I6N6O13. The molecule has 0 radical (unpaired) electrons. The van der Waals surface area contributed by atoms with Crippen molar-refractivity contribution >= 4 is 182 Å². The molecule has 0 saturated carbocycles. The molecule has 1 unspecified atom stereocenters. The van der Waals surface area contributed by atoms with Gasteiger partial charge in [-0.3, -0.25) is 34.0 Å². The molecule has 56 heavy (non-hydrogen) atoms. The highest BCUT2D eigenvalue weighted by Crippen LogP contribution is 2.38. The third-order valence-corrected chi connectivity index (χ3v) is 13.8. The molecule has 0 aromatic heterocycles. The summed E-state index contributed by atoms with van der Waals surface area (Å²) in [5.41, 5.74) is -0.0803. The third kappa shape index (κ3) is 13.4. The molecule has 0 aliphatic carbocycles. The standard InChI is InChI=1S/C31H36I6N6O13/c32-20-16(22(34)26(40-14(50)11-47)23(35)17(20)29(53)39-9-13(49)10-46)28(52)38-3-1-4-42(6-8-45)30(54)18-21(33)19(31(55)43(56)5-2-7-44)25(37)27(24(18)36)41-15(51)12-48/h13,44-49,56H,1-12H2,(H,38,52)(H,39,53)(H,40,50)(H,41,51). The van der Waals surface area contributed by atoms with Crippen molar-refractivity contribution in [3.63, 3.8) is 0 Å². The van der Waals surface area contributed by atoms with Crippen LogP contribution in [-0.2, 0) is 9.59 Å². The van der Waals surface area contributed by atoms with Gasteiger partial charge in [-0.15, -0.1) is 0 Å². The van der Waals surface area contributed by atoms with E-state index in [1.54, 1.807) is 67.8 Å². The lowest BCUT2D eigenvalue weighted by molar-refractivity contribution is -0.119. The lowest BCUT2D eigenvalue weighted by Crippen LogP contribution is -2.38. The number of amides is 6. The summed E-state index contributed by atoms with van der Waals surface area (Å²) in [6.45, 7) is -3.99. The van der Waals surface area contributed by atoms with Gasteiger partial charge in [-0.1, -0.05) is 0 Å². The van der Waals surface area contributed by atoms with Crippen LogP contribution in [0.25, 0.3) is 0 Å². The monoisotopic (exact) mass is 1460 g/mol. The van der Waals surface area contributed by atoms with Crippen LogP contribution in [0.3, 0.4) is 0 Å². The van der Waals surface area contributed by atoms with Crippen LogP contribution in [0.4, 0.5) is 11.4 Å². The molecule has 1 atom stereocenters. The number of nitrogens with zero attached hydrogens (tertiary/aromatic N) is 2. The van der Waals surface area contributed by atoms with Crippen molar-refractivity contribution in [2.24, 2.45) is 0 Å². The number of rotatable bonds is 20. The highest BCUT2D eigenvalue weighted by Gasteiger charge is 2.33. The van der Waals surface area contributed by atoms with E-state index in [9.17, 15) is 59.5 Å². The predicted octanol–water partition coefficient (Wildman–Crippen LogP) is 0.727. The van der Waals surface area contributed by atoms with Gasteiger partial charge in [0, 0.05) is 39.9 Å². The summed E-state index contributed by atoms with van der Waals surface area (Å²) >= 11 is 10.8. The van der Waals surface area contributed by atoms with Crippen molar-refractivity contribution in [1.29, 1.82) is 0 Å². The Labute approximate surface area is 401 Å². The SMILES string of the molecule is O=C(CO)Nc1c(I)c(C(=O)NCCCN(CCO)C(=O)c2c(I)c(NC(=O)CO)c(I)c(C(=O)N(O)CCCO)c2I)c(I)c(C(=O)NCC(O)CO)c1I. The molecule has 2 aromatic carbocycles. The van der Waals surface area contributed by atoms with E-state index in [1.807, 2.05) is 67.8 Å². The maximum Gasteiger partial charge on any atom is 0.279 e. The highest BCUT2D eigenvalue weighted by atomic mass is 127. The molecule has 25 heteroatoms. The van der Waals surface area contributed by atoms with E-state index >= 15 is 0 Å². The Hall–Kier alpha value is -0.640. The minimum Gasteiger partial charge on any atom is -0.396 e. The van der Waals surface area contributed by atoms with Gasteiger partial charge in [-0.05, 0) is 148 Å². The smallest absolute Gasteiger partial charge is 0.279 e. The summed E-state index contributed by atoms with van der Waals surface area (Å²) in [6, 6.07) is 0. The maximum absolute atomic E-state index is 14.2. The fourth-order valence-corrected chi connectivity index (χ4v) is 13.4. The number of hydroxylamine groups is 2. The number of hydrogen-bond acceptors (Lipinski definition) is 13. The molecule has 6 amide bonds. The first-order valence-electron chi connectivity index (χ1n) is 16.0. The van der Waals surface area contributed by atoms with Gasteiger partial charge in [-0.25, -0.2) is 5.06 Å². The number of aliphatic hydroxyl groups is 6. The molecule has 0 bridgehead atoms. The minimum atomic E-state index is -1.25. The van der Waals surface area contributed by atoms with Crippen LogP contribution < -0.4 is 21.3 Å². The summed E-state index contributed by atoms with van der Waals surface area (Å²) in [5.74, 6) is -4.61. The summed E-state index contributed by atoms with van der Waals surface area (Å²) in [7, 11) is 0. The number of carbonyl (C=O) groups is 6. The van der Waals surface area contributed by atoms with Crippen molar-refractivity contribution in [3.05, 3.63) is 43.7 Å². The summed E-state index contributed by atoms with van der Waals surface area (Å²) in [4.78, 5) is 80.2. The summed E-state index contributed by atoms with van der Waals surface area (Å²) < 4.78 is 1.17. The lowest BCUT2D eigenvalue weighted by atomic mass is 10.1. The highest BCUT2D eigenvalue weighted by molar-refractivity contribution is 14.1. The number of aliphatic hydroxyl groups excluding tert-OH is 6. The molecule has 0 aliphatic heterocycles. The normalized spacial score (nSPS) is 11.4. The fraction of sp³-hybridized carbons (Fsp3) is 0.419. The number of nitrogens with one attached hydrogen (secondary N) is 4. The van der Waals surface area contributed by atoms with Gasteiger partial charge < -0.3 is 56.8 Å². The van der Waals surface area contributed by atoms with Crippen LogP contribution in [-0.4, -0.2) is 153 Å². The second-order valence-electron chi connectivity index (χ2n) is 11.2. The molecule has 0 heterocycles. The zero-order valence-corrected chi connectivity index (χ0v) is 41.7. The molecule has 0 spiro atoms. The number of anilines is 2. The van der Waals surface area contributed by atoms with E-state index in [4.69, 9.17) is 5.11 Å². The Morgan fingerprint density at radius 1 is 0.571 bits per heavy atom. The van der Waals surface area contributed by atoms with E-state index < -0.39 is 68.0 Å². The Bertz CT molecular complexity index is 1820. The van der Waals surface area contributed by atoms with Crippen LogP contribution in [0, 0.1) is 21.4 Å². The average molecular weight is 1460 g/mol. The Morgan fingerprint density at radius 3 is 1.50 bits per heavy atom. The molecule has 0 aliphatic rings. The van der Waals surface area contributed by atoms with Crippen molar-refractivity contribution in [3.8, 4) is 0 Å². The van der Waals surface area contributed by atoms with Gasteiger partial charge in [0.1, 0.15) is 13.2 Å². The Kier molecular flexibility index (Phi) is 23.2. The molecular weight excluding hydrogens is 1430 g/mol. The first-order chi connectivity index (χ1) is 26.4. The van der Waals surface area contributed by atoms with Gasteiger partial charge in [0.2, 0.25) is 11.8 Å². The number of benzene rings is 2. The topological polar surface area (TPSA) is 299 Å². The van der Waals surface area contributed by atoms with Crippen LogP contribution in [0.2, 0.25) is 0 Å². The second-order valence-corrected chi connectivity index (χ2v) is 17.7. The molecule has 0 saturated heterocycles. The molecule has 11 N–H and O–H groups in total. The van der Waals surface area contributed by atoms with E-state index in [0.29, 0.717) is 5.06 Å². The van der Waals surface area contributed by atoms with Crippen molar-refractivity contribution in [1.82, 2.24) is 20.6 Å². The van der Waals surface area contributed by atoms with E-state index in [-0.39, 0.29) is 107 Å². The van der Waals surface area contributed by atoms with Crippen molar-refractivity contribution < 1.29 is 64.6 Å². The molecule has 310 valence electrons. The van der Waals surface area contributed by atoms with Crippen LogP contribution in [0.15, 0.2) is 0 Å². The van der Waals surface area contributed by atoms with Crippen molar-refractivity contribution in [2.45, 2.75) is 18.9 Å². The van der Waals surface area contributed by atoms with Crippen LogP contribution in [0.1, 0.15) is 54.3 Å². The zero-order chi connectivity index (χ0) is 42.4. The van der Waals surface area contributed by atoms with E-state index in [1.165, 1.54) is 4.90 Å². The van der Waals surface area contributed by atoms with E-state index in [0.717, 1.165) is 0 Å². The number of hydrogen-bond donors (Lipinski definition) is 11. The second kappa shape index (κ2) is 25.2. The lowest BCUT2D eigenvalue weighted by Gasteiger charge is -2.26. The summed E-state index contributed by atoms with van der Waals surface area (Å²) in [6.07, 6.45) is -1.08. The molecule has 2 aromatic rings. The Balaban J connectivity index is 2.48. The average Bonchev–Trinajstić information content (AvgIpc) is 3.16. The summed E-state index contributed by atoms with van der Waals surface area (Å²) in [5, 5.41) is 77.7. The first-order valence-corrected chi connectivity index (χ1v) is 22.5. The third-order valence-electron chi connectivity index (χ3n) is 7.35. The van der Waals surface area contributed by atoms with Gasteiger partial charge in [0.25, 0.3) is 23.6 Å². The number of carbonyl (C=O) groups excluding carboxylic acids is 6. The van der Waals surface area contributed by atoms with Crippen LogP contribution in [0.5, 0.6) is 0 Å².